The number of halogens is 1. The van der Waals surface area contributed by atoms with Crippen LogP contribution in [0.2, 0.25) is 0 Å². The summed E-state index contributed by atoms with van der Waals surface area (Å²) in [6, 6.07) is 0. The Kier molecular flexibility index (Phi) is 6.08. The fourth-order valence-electron chi connectivity index (χ4n) is 1.60. The smallest absolute Gasteiger partial charge is 0.307 e. The maximum Gasteiger partial charge on any atom is 0.307 e. The number of hydrogen-bond donors (Lipinski definition) is 2. The Bertz CT molecular complexity index is 182. The van der Waals surface area contributed by atoms with Crippen LogP contribution in [0, 0.1) is 0 Å². The van der Waals surface area contributed by atoms with Crippen LogP contribution in [0.5, 0.6) is 0 Å². The van der Waals surface area contributed by atoms with Crippen LogP contribution < -0.4 is 11.1 Å². The van der Waals surface area contributed by atoms with E-state index in [1.54, 1.807) is 0 Å². The predicted molar refractivity (Wildman–Crippen MR) is 57.5 cm³/mol. The van der Waals surface area contributed by atoms with Crippen molar-refractivity contribution in [3.05, 3.63) is 0 Å². The van der Waals surface area contributed by atoms with Crippen LogP contribution >= 0.6 is 12.4 Å². The van der Waals surface area contributed by atoms with Crippen molar-refractivity contribution in [3.8, 4) is 0 Å². The van der Waals surface area contributed by atoms with Crippen molar-refractivity contribution < 1.29 is 9.53 Å². The summed E-state index contributed by atoms with van der Waals surface area (Å²) in [5.74, 6) is -0.174. The zero-order valence-corrected chi connectivity index (χ0v) is 9.36. The lowest BCUT2D eigenvalue weighted by atomic mass is 9.86. The molecular weight excluding hydrogens is 204 g/mol. The van der Waals surface area contributed by atoms with Crippen molar-refractivity contribution in [1.82, 2.24) is 5.32 Å². The van der Waals surface area contributed by atoms with Gasteiger partial charge in [0, 0.05) is 5.54 Å². The van der Waals surface area contributed by atoms with E-state index >= 15 is 0 Å². The molecule has 0 bridgehead atoms. The van der Waals surface area contributed by atoms with E-state index in [1.165, 1.54) is 0 Å². The number of carbonyl (C=O) groups excluding carboxylic acids is 1. The number of nitrogens with one attached hydrogen (secondary N) is 1. The highest BCUT2D eigenvalue weighted by molar-refractivity contribution is 5.85. The van der Waals surface area contributed by atoms with Gasteiger partial charge in [0.2, 0.25) is 0 Å². The van der Waals surface area contributed by atoms with E-state index in [4.69, 9.17) is 10.5 Å². The summed E-state index contributed by atoms with van der Waals surface area (Å²) in [6.07, 6.45) is 2.06. The van der Waals surface area contributed by atoms with Gasteiger partial charge in [0.15, 0.2) is 0 Å². The number of esters is 1. The maximum absolute atomic E-state index is 11.2. The van der Waals surface area contributed by atoms with E-state index in [2.05, 4.69) is 5.32 Å². The fraction of sp³-hybridized carbons (Fsp3) is 0.889. The summed E-state index contributed by atoms with van der Waals surface area (Å²) in [6.45, 7) is 4.04. The topological polar surface area (TPSA) is 64.3 Å². The summed E-state index contributed by atoms with van der Waals surface area (Å²) < 4.78 is 4.87. The molecule has 0 aromatic heterocycles. The third-order valence-corrected chi connectivity index (χ3v) is 2.40. The second-order valence-electron chi connectivity index (χ2n) is 3.59. The minimum Gasteiger partial charge on any atom is -0.466 e. The molecule has 0 aliphatic carbocycles. The van der Waals surface area contributed by atoms with E-state index in [9.17, 15) is 4.79 Å². The molecule has 0 atom stereocenters. The first-order valence-electron chi connectivity index (χ1n) is 4.81. The maximum atomic E-state index is 11.2. The molecule has 14 heavy (non-hydrogen) atoms. The first-order valence-corrected chi connectivity index (χ1v) is 4.81. The van der Waals surface area contributed by atoms with Gasteiger partial charge in [-0.3, -0.25) is 4.79 Å². The van der Waals surface area contributed by atoms with Gasteiger partial charge in [-0.2, -0.15) is 0 Å². The molecule has 5 heteroatoms. The SMILES string of the molecule is CCOC(=O)CC1(N)CCNCC1.Cl. The first-order chi connectivity index (χ1) is 6.16. The lowest BCUT2D eigenvalue weighted by molar-refractivity contribution is -0.144. The average molecular weight is 223 g/mol. The number of piperidine rings is 1. The van der Waals surface area contributed by atoms with E-state index < -0.39 is 0 Å². The molecule has 3 N–H and O–H groups in total. The molecule has 84 valence electrons. The van der Waals surface area contributed by atoms with Gasteiger partial charge in [0.25, 0.3) is 0 Å². The Morgan fingerprint density at radius 2 is 2.07 bits per heavy atom. The Labute approximate surface area is 91.0 Å². The van der Waals surface area contributed by atoms with E-state index in [0.29, 0.717) is 13.0 Å². The third kappa shape index (κ3) is 4.26. The molecule has 0 spiro atoms. The summed E-state index contributed by atoms with van der Waals surface area (Å²) in [5, 5.41) is 3.21. The van der Waals surface area contributed by atoms with Gasteiger partial charge in [-0.05, 0) is 32.9 Å². The Balaban J connectivity index is 0.00000169. The van der Waals surface area contributed by atoms with E-state index in [-0.39, 0.29) is 23.9 Å². The van der Waals surface area contributed by atoms with Crippen molar-refractivity contribution in [2.45, 2.75) is 31.7 Å². The molecule has 0 unspecified atom stereocenters. The van der Waals surface area contributed by atoms with Gasteiger partial charge in [-0.15, -0.1) is 12.4 Å². The van der Waals surface area contributed by atoms with Crippen molar-refractivity contribution in [1.29, 1.82) is 0 Å². The van der Waals surface area contributed by atoms with Crippen LogP contribution in [0.4, 0.5) is 0 Å². The van der Waals surface area contributed by atoms with Crippen LogP contribution in [0.25, 0.3) is 0 Å². The van der Waals surface area contributed by atoms with Crippen molar-refractivity contribution in [2.75, 3.05) is 19.7 Å². The van der Waals surface area contributed by atoms with Gasteiger partial charge < -0.3 is 15.8 Å². The monoisotopic (exact) mass is 222 g/mol. The summed E-state index contributed by atoms with van der Waals surface area (Å²) in [7, 11) is 0. The predicted octanol–water partition coefficient (Wildman–Crippen LogP) is 0.442. The second kappa shape index (κ2) is 6.22. The van der Waals surface area contributed by atoms with Crippen LogP contribution in [0.15, 0.2) is 0 Å². The number of nitrogens with two attached hydrogens (primary N) is 1. The van der Waals surface area contributed by atoms with Crippen molar-refractivity contribution >= 4 is 18.4 Å². The van der Waals surface area contributed by atoms with E-state index in [0.717, 1.165) is 25.9 Å². The highest BCUT2D eigenvalue weighted by Crippen LogP contribution is 2.19. The highest BCUT2D eigenvalue weighted by atomic mass is 35.5. The molecule has 1 fully saturated rings. The van der Waals surface area contributed by atoms with Crippen molar-refractivity contribution in [2.24, 2.45) is 5.73 Å². The summed E-state index contributed by atoms with van der Waals surface area (Å²) in [4.78, 5) is 11.2. The lowest BCUT2D eigenvalue weighted by Crippen LogP contribution is -2.50. The molecule has 0 saturated carbocycles. The van der Waals surface area contributed by atoms with Crippen LogP contribution in [-0.2, 0) is 9.53 Å². The fourth-order valence-corrected chi connectivity index (χ4v) is 1.60. The van der Waals surface area contributed by atoms with Gasteiger partial charge in [-0.25, -0.2) is 0 Å². The Morgan fingerprint density at radius 1 is 1.50 bits per heavy atom. The number of carbonyl (C=O) groups is 1. The molecule has 0 aromatic carbocycles. The number of ether oxygens (including phenoxy) is 1. The largest absolute Gasteiger partial charge is 0.466 e. The first kappa shape index (κ1) is 13.7. The molecule has 0 aromatic rings. The minimum absolute atomic E-state index is 0. The molecule has 1 aliphatic heterocycles. The van der Waals surface area contributed by atoms with Crippen LogP contribution in [0.3, 0.4) is 0 Å². The minimum atomic E-state index is -0.336. The highest BCUT2D eigenvalue weighted by Gasteiger charge is 2.30. The molecule has 0 radical (unpaired) electrons. The summed E-state index contributed by atoms with van der Waals surface area (Å²) in [5.41, 5.74) is 5.71. The van der Waals surface area contributed by atoms with Crippen LogP contribution in [0.1, 0.15) is 26.2 Å². The standard InChI is InChI=1S/C9H18N2O2.ClH/c1-2-13-8(12)7-9(10)3-5-11-6-4-9;/h11H,2-7,10H2,1H3;1H. The second-order valence-corrected chi connectivity index (χ2v) is 3.59. The molecule has 0 amide bonds. The Morgan fingerprint density at radius 3 is 2.57 bits per heavy atom. The normalized spacial score (nSPS) is 19.6. The van der Waals surface area contributed by atoms with E-state index in [1.807, 2.05) is 6.92 Å². The third-order valence-electron chi connectivity index (χ3n) is 2.40. The van der Waals surface area contributed by atoms with Gasteiger partial charge in [0.1, 0.15) is 0 Å². The van der Waals surface area contributed by atoms with Crippen LogP contribution in [-0.4, -0.2) is 31.2 Å². The van der Waals surface area contributed by atoms with Crippen molar-refractivity contribution in [3.63, 3.8) is 0 Å². The van der Waals surface area contributed by atoms with Gasteiger partial charge >= 0.3 is 5.97 Å². The summed E-state index contributed by atoms with van der Waals surface area (Å²) >= 11 is 0. The molecule has 4 nitrogen and oxygen atoms in total. The Hall–Kier alpha value is -0.320. The lowest BCUT2D eigenvalue weighted by Gasteiger charge is -2.32. The molecule has 1 saturated heterocycles. The zero-order valence-electron chi connectivity index (χ0n) is 8.54. The zero-order chi connectivity index (χ0) is 9.73. The average Bonchev–Trinajstić information content (AvgIpc) is 2.04. The number of rotatable bonds is 3. The molecule has 1 aliphatic rings. The molecule has 1 rings (SSSR count). The quantitative estimate of drug-likeness (QED) is 0.681. The van der Waals surface area contributed by atoms with Gasteiger partial charge in [0.05, 0.1) is 13.0 Å². The number of hydrogen-bond acceptors (Lipinski definition) is 4. The van der Waals surface area contributed by atoms with Gasteiger partial charge in [-0.1, -0.05) is 0 Å². The molecule has 1 heterocycles. The molecular formula is C9H19ClN2O2.